The molecule has 222 valence electrons. The Morgan fingerprint density at radius 3 is 1.67 bits per heavy atom. The smallest absolute Gasteiger partial charge is 0.326 e. The molecule has 0 heterocycles. The quantitative estimate of drug-likeness (QED) is 0.0978. The van der Waals surface area contributed by atoms with Crippen molar-refractivity contribution in [3.8, 4) is 0 Å². The number of unbranched alkanes of at least 4 members (excludes halogenated alkanes) is 3. The van der Waals surface area contributed by atoms with Gasteiger partial charge in [0.15, 0.2) is 0 Å². The molecule has 14 nitrogen and oxygen atoms in total. The Labute approximate surface area is 226 Å². The summed E-state index contributed by atoms with van der Waals surface area (Å²) in [6.45, 7) is 4.67. The molecule has 0 aromatic rings. The van der Waals surface area contributed by atoms with Crippen LogP contribution in [0.15, 0.2) is 0 Å². The van der Waals surface area contributed by atoms with E-state index in [0.717, 1.165) is 19.3 Å². The van der Waals surface area contributed by atoms with E-state index in [2.05, 4.69) is 16.0 Å². The molecule has 0 aliphatic carbocycles. The van der Waals surface area contributed by atoms with Gasteiger partial charge in [-0.15, -0.1) is 0 Å². The maximum atomic E-state index is 13.0. The van der Waals surface area contributed by atoms with Gasteiger partial charge in [0.1, 0.15) is 18.1 Å². The number of rotatable bonds is 21. The van der Waals surface area contributed by atoms with Crippen LogP contribution in [-0.2, 0) is 33.6 Å². The molecule has 7 N–H and O–H groups in total. The number of carboxylic acids is 4. The summed E-state index contributed by atoms with van der Waals surface area (Å²) in [5.41, 5.74) is 0. The summed E-state index contributed by atoms with van der Waals surface area (Å²) in [6.07, 6.45) is 2.11. The topological polar surface area (TPSA) is 236 Å². The van der Waals surface area contributed by atoms with Crippen LogP contribution in [0.25, 0.3) is 0 Å². The minimum atomic E-state index is -1.50. The summed E-state index contributed by atoms with van der Waals surface area (Å²) in [6, 6.07) is -4.28. The molecule has 0 aromatic heterocycles. The maximum absolute atomic E-state index is 13.0. The van der Waals surface area contributed by atoms with Crippen molar-refractivity contribution in [3.63, 3.8) is 0 Å². The summed E-state index contributed by atoms with van der Waals surface area (Å²) in [4.78, 5) is 83.1. The van der Waals surface area contributed by atoms with Crippen LogP contribution in [0.1, 0.15) is 85.0 Å². The standard InChI is InChI=1S/C25H41N3O11/c1-4-5-6-7-10-19(29)26-17(22(33)27-16(24(36)37)9-8-11-20(30)31)12-14(2)21(32)28-18(25(38)39)13-15(3)23(34)35/h14-18H,4-13H2,1-3H3,(H,26,29)(H,27,33)(H,28,32)(H,30,31)(H,34,35)(H,36,37)(H,38,39). The zero-order chi connectivity index (χ0) is 30.1. The average molecular weight is 560 g/mol. The predicted octanol–water partition coefficient (Wildman–Crippen LogP) is 0.972. The monoisotopic (exact) mass is 559 g/mol. The average Bonchev–Trinajstić information content (AvgIpc) is 2.84. The molecule has 3 amide bonds. The van der Waals surface area contributed by atoms with E-state index in [9.17, 15) is 43.8 Å². The molecule has 0 aromatic carbocycles. The van der Waals surface area contributed by atoms with Gasteiger partial charge in [-0.2, -0.15) is 0 Å². The zero-order valence-electron chi connectivity index (χ0n) is 22.6. The van der Waals surface area contributed by atoms with Gasteiger partial charge in [-0.25, -0.2) is 9.59 Å². The summed E-state index contributed by atoms with van der Waals surface area (Å²) in [7, 11) is 0. The molecule has 0 saturated heterocycles. The van der Waals surface area contributed by atoms with Crippen molar-refractivity contribution in [2.45, 2.75) is 103 Å². The van der Waals surface area contributed by atoms with Gasteiger partial charge in [0.2, 0.25) is 17.7 Å². The van der Waals surface area contributed by atoms with Gasteiger partial charge in [-0.05, 0) is 32.1 Å². The molecule has 0 spiro atoms. The van der Waals surface area contributed by atoms with Crippen LogP contribution < -0.4 is 16.0 Å². The normalized spacial score (nSPS) is 14.6. The molecule has 0 saturated carbocycles. The number of amides is 3. The molecule has 0 radical (unpaired) electrons. The molecule has 14 heteroatoms. The SMILES string of the molecule is CCCCCCC(=O)NC(CC(C)C(=O)NC(CC(C)C(=O)O)C(=O)O)C(=O)NC(CCCC(=O)O)C(=O)O. The van der Waals surface area contributed by atoms with Gasteiger partial charge in [0.05, 0.1) is 5.92 Å². The van der Waals surface area contributed by atoms with Crippen LogP contribution in [0.5, 0.6) is 0 Å². The molecule has 5 unspecified atom stereocenters. The first-order valence-electron chi connectivity index (χ1n) is 13.0. The summed E-state index contributed by atoms with van der Waals surface area (Å²) in [5, 5.41) is 43.7. The summed E-state index contributed by atoms with van der Waals surface area (Å²) >= 11 is 0. The van der Waals surface area contributed by atoms with Crippen molar-refractivity contribution in [1.29, 1.82) is 0 Å². The van der Waals surface area contributed by atoms with Gasteiger partial charge in [0, 0.05) is 18.8 Å². The number of nitrogens with one attached hydrogen (secondary N) is 3. The molecule has 0 aliphatic rings. The Morgan fingerprint density at radius 1 is 0.590 bits per heavy atom. The Balaban J connectivity index is 5.55. The minimum Gasteiger partial charge on any atom is -0.481 e. The lowest BCUT2D eigenvalue weighted by Crippen LogP contribution is -2.53. The van der Waals surface area contributed by atoms with E-state index in [1.54, 1.807) is 0 Å². The lowest BCUT2D eigenvalue weighted by Gasteiger charge is -2.25. The largest absolute Gasteiger partial charge is 0.481 e. The van der Waals surface area contributed by atoms with E-state index in [1.165, 1.54) is 13.8 Å². The molecule has 5 atom stereocenters. The highest BCUT2D eigenvalue weighted by Gasteiger charge is 2.32. The third-order valence-electron chi connectivity index (χ3n) is 6.07. The van der Waals surface area contributed by atoms with Gasteiger partial charge in [0.25, 0.3) is 0 Å². The maximum Gasteiger partial charge on any atom is 0.326 e. The number of hydrogen-bond acceptors (Lipinski definition) is 7. The second-order valence-corrected chi connectivity index (χ2v) is 9.63. The van der Waals surface area contributed by atoms with E-state index in [1.807, 2.05) is 6.92 Å². The molecule has 39 heavy (non-hydrogen) atoms. The van der Waals surface area contributed by atoms with Crippen molar-refractivity contribution >= 4 is 41.6 Å². The van der Waals surface area contributed by atoms with Gasteiger partial charge >= 0.3 is 23.9 Å². The van der Waals surface area contributed by atoms with Crippen molar-refractivity contribution < 1.29 is 54.0 Å². The van der Waals surface area contributed by atoms with Crippen LogP contribution in [0.2, 0.25) is 0 Å². The highest BCUT2D eigenvalue weighted by atomic mass is 16.4. The van der Waals surface area contributed by atoms with Crippen molar-refractivity contribution in [3.05, 3.63) is 0 Å². The second kappa shape index (κ2) is 18.5. The van der Waals surface area contributed by atoms with E-state index in [-0.39, 0.29) is 38.5 Å². The highest BCUT2D eigenvalue weighted by molar-refractivity contribution is 5.91. The first-order valence-corrected chi connectivity index (χ1v) is 13.0. The molecular formula is C25H41N3O11. The first-order chi connectivity index (χ1) is 18.2. The van der Waals surface area contributed by atoms with Crippen LogP contribution in [0, 0.1) is 11.8 Å². The number of carboxylic acid groups (broad SMARTS) is 4. The number of carbonyl (C=O) groups is 7. The number of carbonyl (C=O) groups excluding carboxylic acids is 3. The van der Waals surface area contributed by atoms with Gasteiger partial charge in [-0.3, -0.25) is 24.0 Å². The Kier molecular flexibility index (Phi) is 16.8. The highest BCUT2D eigenvalue weighted by Crippen LogP contribution is 2.13. The van der Waals surface area contributed by atoms with Crippen molar-refractivity contribution in [2.24, 2.45) is 11.8 Å². The predicted molar refractivity (Wildman–Crippen MR) is 137 cm³/mol. The Bertz CT molecular complexity index is 877. The molecule has 0 rings (SSSR count). The zero-order valence-corrected chi connectivity index (χ0v) is 22.6. The second-order valence-electron chi connectivity index (χ2n) is 9.63. The Morgan fingerprint density at radius 2 is 1.15 bits per heavy atom. The van der Waals surface area contributed by atoms with Gasteiger partial charge in [-0.1, -0.05) is 40.0 Å². The van der Waals surface area contributed by atoms with Crippen LogP contribution in [0.4, 0.5) is 0 Å². The van der Waals surface area contributed by atoms with Crippen LogP contribution in [0.3, 0.4) is 0 Å². The van der Waals surface area contributed by atoms with E-state index in [0.29, 0.717) is 6.42 Å². The van der Waals surface area contributed by atoms with Gasteiger partial charge < -0.3 is 36.4 Å². The molecular weight excluding hydrogens is 518 g/mol. The van der Waals surface area contributed by atoms with Crippen molar-refractivity contribution in [2.75, 3.05) is 0 Å². The fraction of sp³-hybridized carbons (Fsp3) is 0.720. The molecule has 0 fully saturated rings. The van der Waals surface area contributed by atoms with E-state index >= 15 is 0 Å². The first kappa shape index (κ1) is 35.3. The lowest BCUT2D eigenvalue weighted by atomic mass is 9.97. The fourth-order valence-corrected chi connectivity index (χ4v) is 3.65. The number of hydrogen-bond donors (Lipinski definition) is 7. The fourth-order valence-electron chi connectivity index (χ4n) is 3.65. The number of aliphatic carboxylic acids is 4. The van der Waals surface area contributed by atoms with Crippen molar-refractivity contribution in [1.82, 2.24) is 16.0 Å². The third kappa shape index (κ3) is 15.3. The summed E-state index contributed by atoms with van der Waals surface area (Å²) in [5.74, 6) is -9.48. The molecule has 0 bridgehead atoms. The van der Waals surface area contributed by atoms with E-state index < -0.39 is 71.6 Å². The Hall–Kier alpha value is -3.71. The lowest BCUT2D eigenvalue weighted by molar-refractivity contribution is -0.146. The molecule has 0 aliphatic heterocycles. The third-order valence-corrected chi connectivity index (χ3v) is 6.07. The minimum absolute atomic E-state index is 0.0226. The van der Waals surface area contributed by atoms with E-state index in [4.69, 9.17) is 10.2 Å². The van der Waals surface area contributed by atoms with Crippen LogP contribution >= 0.6 is 0 Å². The summed E-state index contributed by atoms with van der Waals surface area (Å²) < 4.78 is 0. The van der Waals surface area contributed by atoms with Crippen LogP contribution in [-0.4, -0.2) is 80.2 Å².